The van der Waals surface area contributed by atoms with E-state index < -0.39 is 0 Å². The molecule has 3 aromatic rings. The van der Waals surface area contributed by atoms with Gasteiger partial charge in [-0.15, -0.1) is 0 Å². The van der Waals surface area contributed by atoms with E-state index in [4.69, 9.17) is 21.1 Å². The third-order valence-electron chi connectivity index (χ3n) is 4.08. The predicted molar refractivity (Wildman–Crippen MR) is 105 cm³/mol. The summed E-state index contributed by atoms with van der Waals surface area (Å²) in [5.41, 5.74) is 1.71. The molecule has 2 aromatic carbocycles. The summed E-state index contributed by atoms with van der Waals surface area (Å²) in [6.45, 7) is 1.58. The number of para-hydroxylation sites is 3. The second-order valence-corrected chi connectivity index (χ2v) is 6.43. The van der Waals surface area contributed by atoms with E-state index in [-0.39, 0.29) is 19.1 Å². The Hall–Kier alpha value is -2.57. The van der Waals surface area contributed by atoms with Crippen LogP contribution in [0.5, 0.6) is 5.75 Å². The number of rotatable bonds is 9. The number of methoxy groups -OCH3 is 1. The molecule has 0 bridgehead atoms. The van der Waals surface area contributed by atoms with E-state index in [1.165, 1.54) is 0 Å². The molecular weight excluding hydrogens is 366 g/mol. The first-order chi connectivity index (χ1) is 13.2. The molecule has 142 valence electrons. The number of fused-ring (bicyclic) bond motifs is 1. The Morgan fingerprint density at radius 2 is 1.96 bits per heavy atom. The van der Waals surface area contributed by atoms with E-state index in [2.05, 4.69) is 10.3 Å². The number of carbonyl (C=O) groups excluding carboxylic acids is 1. The number of carbonyl (C=O) groups is 1. The lowest BCUT2D eigenvalue weighted by Gasteiger charge is -2.11. The van der Waals surface area contributed by atoms with Gasteiger partial charge in [-0.05, 0) is 30.7 Å². The zero-order valence-electron chi connectivity index (χ0n) is 15.2. The molecule has 1 aromatic heterocycles. The fourth-order valence-electron chi connectivity index (χ4n) is 2.76. The third kappa shape index (κ3) is 4.99. The topological polar surface area (TPSA) is 65.4 Å². The minimum Gasteiger partial charge on any atom is -0.484 e. The number of nitrogens with one attached hydrogen (secondary N) is 1. The molecule has 0 fully saturated rings. The number of nitrogens with zero attached hydrogens (tertiary/aromatic N) is 2. The molecular formula is C20H22ClN3O3. The van der Waals surface area contributed by atoms with Crippen molar-refractivity contribution < 1.29 is 14.3 Å². The minimum absolute atomic E-state index is 0.0757. The zero-order valence-corrected chi connectivity index (χ0v) is 15.9. The van der Waals surface area contributed by atoms with Crippen LogP contribution < -0.4 is 10.1 Å². The van der Waals surface area contributed by atoms with Crippen LogP contribution in [-0.2, 0) is 22.7 Å². The first-order valence-corrected chi connectivity index (χ1v) is 9.14. The van der Waals surface area contributed by atoms with Crippen molar-refractivity contribution in [1.82, 2.24) is 14.9 Å². The van der Waals surface area contributed by atoms with Crippen LogP contribution in [-0.4, -0.2) is 35.7 Å². The van der Waals surface area contributed by atoms with Crippen molar-refractivity contribution in [3.8, 4) is 5.75 Å². The average molecular weight is 388 g/mol. The lowest BCUT2D eigenvalue weighted by Crippen LogP contribution is -2.29. The Morgan fingerprint density at radius 1 is 1.19 bits per heavy atom. The molecule has 0 radical (unpaired) electrons. The molecule has 1 N–H and O–H groups in total. The molecule has 1 amide bonds. The highest BCUT2D eigenvalue weighted by Crippen LogP contribution is 2.25. The minimum atomic E-state index is -0.0757. The average Bonchev–Trinajstić information content (AvgIpc) is 3.02. The number of ether oxygens (including phenoxy) is 2. The molecule has 0 saturated carbocycles. The van der Waals surface area contributed by atoms with Gasteiger partial charge in [0.05, 0.1) is 16.1 Å². The molecule has 0 aliphatic carbocycles. The van der Waals surface area contributed by atoms with Crippen LogP contribution >= 0.6 is 11.6 Å². The first kappa shape index (κ1) is 19.2. The summed E-state index contributed by atoms with van der Waals surface area (Å²) < 4.78 is 12.7. The molecule has 3 rings (SSSR count). The van der Waals surface area contributed by atoms with Gasteiger partial charge in [0.15, 0.2) is 0 Å². The highest BCUT2D eigenvalue weighted by Gasteiger charge is 2.14. The van der Waals surface area contributed by atoms with Crippen molar-refractivity contribution in [3.05, 3.63) is 59.4 Å². The monoisotopic (exact) mass is 387 g/mol. The van der Waals surface area contributed by atoms with E-state index in [0.29, 0.717) is 29.7 Å². The van der Waals surface area contributed by atoms with Gasteiger partial charge in [-0.1, -0.05) is 35.9 Å². The first-order valence-electron chi connectivity index (χ1n) is 8.76. The van der Waals surface area contributed by atoms with Gasteiger partial charge in [-0.2, -0.15) is 0 Å². The normalized spacial score (nSPS) is 10.9. The lowest BCUT2D eigenvalue weighted by atomic mass is 10.3. The summed E-state index contributed by atoms with van der Waals surface area (Å²) in [6, 6.07) is 15.0. The van der Waals surface area contributed by atoms with Gasteiger partial charge in [0.1, 0.15) is 24.7 Å². The quantitative estimate of drug-likeness (QED) is 0.571. The third-order valence-corrected chi connectivity index (χ3v) is 4.39. The number of hydrogen-bond donors (Lipinski definition) is 1. The molecule has 0 aliphatic heterocycles. The molecule has 6 nitrogen and oxygen atoms in total. The molecule has 0 atom stereocenters. The largest absolute Gasteiger partial charge is 0.484 e. The van der Waals surface area contributed by atoms with Crippen molar-refractivity contribution in [3.63, 3.8) is 0 Å². The summed E-state index contributed by atoms with van der Waals surface area (Å²) in [6.07, 6.45) is 0.773. The van der Waals surface area contributed by atoms with Gasteiger partial charge in [0.2, 0.25) is 5.91 Å². The summed E-state index contributed by atoms with van der Waals surface area (Å²) in [4.78, 5) is 17.0. The SMILES string of the molecule is COCCCNC(=O)Cn1c(COc2ccccc2Cl)nc2ccccc21. The highest BCUT2D eigenvalue weighted by atomic mass is 35.5. The maximum absolute atomic E-state index is 12.3. The maximum Gasteiger partial charge on any atom is 0.240 e. The summed E-state index contributed by atoms with van der Waals surface area (Å²) in [7, 11) is 1.64. The van der Waals surface area contributed by atoms with Crippen LogP contribution in [0.25, 0.3) is 11.0 Å². The second-order valence-electron chi connectivity index (χ2n) is 6.02. The van der Waals surface area contributed by atoms with Crippen LogP contribution in [0.15, 0.2) is 48.5 Å². The Labute approximate surface area is 163 Å². The Morgan fingerprint density at radius 3 is 2.78 bits per heavy atom. The van der Waals surface area contributed by atoms with E-state index >= 15 is 0 Å². The Kier molecular flexibility index (Phi) is 6.68. The summed E-state index contributed by atoms with van der Waals surface area (Å²) in [5.74, 6) is 1.18. The summed E-state index contributed by atoms with van der Waals surface area (Å²) >= 11 is 6.15. The second kappa shape index (κ2) is 9.39. The summed E-state index contributed by atoms with van der Waals surface area (Å²) in [5, 5.41) is 3.44. The fraction of sp³-hybridized carbons (Fsp3) is 0.300. The van der Waals surface area contributed by atoms with Crippen LogP contribution in [0.1, 0.15) is 12.2 Å². The van der Waals surface area contributed by atoms with Crippen molar-refractivity contribution in [2.45, 2.75) is 19.6 Å². The van der Waals surface area contributed by atoms with Crippen molar-refractivity contribution in [1.29, 1.82) is 0 Å². The number of aromatic nitrogens is 2. The Bertz CT molecular complexity index is 910. The van der Waals surface area contributed by atoms with Gasteiger partial charge >= 0.3 is 0 Å². The molecule has 27 heavy (non-hydrogen) atoms. The van der Waals surface area contributed by atoms with Crippen LogP contribution in [0.3, 0.4) is 0 Å². The van der Waals surface area contributed by atoms with Crippen LogP contribution in [0, 0.1) is 0 Å². The highest BCUT2D eigenvalue weighted by molar-refractivity contribution is 6.32. The predicted octanol–water partition coefficient (Wildman–Crippen LogP) is 3.42. The fourth-order valence-corrected chi connectivity index (χ4v) is 2.95. The number of hydrogen-bond acceptors (Lipinski definition) is 4. The molecule has 0 unspecified atom stereocenters. The molecule has 0 spiro atoms. The van der Waals surface area contributed by atoms with Crippen LogP contribution in [0.2, 0.25) is 5.02 Å². The van der Waals surface area contributed by atoms with Crippen molar-refractivity contribution in [2.75, 3.05) is 20.3 Å². The number of halogens is 1. The van der Waals surface area contributed by atoms with E-state index in [9.17, 15) is 4.79 Å². The number of amides is 1. The smallest absolute Gasteiger partial charge is 0.240 e. The van der Waals surface area contributed by atoms with Gasteiger partial charge in [-0.3, -0.25) is 4.79 Å². The van der Waals surface area contributed by atoms with E-state index in [0.717, 1.165) is 17.5 Å². The van der Waals surface area contributed by atoms with Crippen molar-refractivity contribution in [2.24, 2.45) is 0 Å². The molecule has 1 heterocycles. The van der Waals surface area contributed by atoms with Gasteiger partial charge < -0.3 is 19.4 Å². The van der Waals surface area contributed by atoms with Gasteiger partial charge in [0.25, 0.3) is 0 Å². The number of benzene rings is 2. The van der Waals surface area contributed by atoms with Crippen LogP contribution in [0.4, 0.5) is 0 Å². The van der Waals surface area contributed by atoms with Crippen molar-refractivity contribution >= 4 is 28.5 Å². The molecule has 7 heteroatoms. The zero-order chi connectivity index (χ0) is 19.1. The van der Waals surface area contributed by atoms with E-state index in [1.807, 2.05) is 41.0 Å². The Balaban J connectivity index is 1.75. The lowest BCUT2D eigenvalue weighted by molar-refractivity contribution is -0.121. The standard InChI is InChI=1S/C20H22ClN3O3/c1-26-12-6-11-22-20(25)13-24-17-9-4-3-8-16(17)23-19(24)14-27-18-10-5-2-7-15(18)21/h2-5,7-10H,6,11-14H2,1H3,(H,22,25). The molecule has 0 saturated heterocycles. The van der Waals surface area contributed by atoms with Gasteiger partial charge in [0, 0.05) is 20.3 Å². The number of imidazole rings is 1. The van der Waals surface area contributed by atoms with E-state index in [1.54, 1.807) is 19.2 Å². The maximum atomic E-state index is 12.3. The molecule has 0 aliphatic rings. The van der Waals surface area contributed by atoms with Gasteiger partial charge in [-0.25, -0.2) is 4.98 Å².